The van der Waals surface area contributed by atoms with Crippen molar-refractivity contribution in [2.24, 2.45) is 0 Å². The van der Waals surface area contributed by atoms with E-state index in [9.17, 15) is 22.4 Å². The number of hydrogen-bond acceptors (Lipinski definition) is 9. The Morgan fingerprint density at radius 1 is 1.13 bits per heavy atom. The normalized spacial score (nSPS) is 24.4. The predicted octanol–water partition coefficient (Wildman–Crippen LogP) is 6.93. The average molecular weight is 773 g/mol. The standard InChI is InChI=1S/C37H35ClF6N8O2/c1-19-11-27(45)47-32(29(19)37(42,43)44)28-25(38)13-24-31(30(28)41)48-35(54-18-36-8-4-10-51(36)15-20(39)14-36)49-33(24)50-16-22-6-7-23(17-50)52(22)34(53)26(40)12-21-5-2-3-9-46-21/h2-3,5,9,11-13,20,22-23H,4,6-8,10,14-18H2,1H3,(H2,45,47)/b26-12-/t20-,22?,23?,36+/m1/s1. The molecule has 4 fully saturated rings. The van der Waals surface area contributed by atoms with Crippen molar-refractivity contribution in [3.05, 3.63) is 70.0 Å². The topological polar surface area (TPSA) is 114 Å². The number of fused-ring (bicyclic) bond motifs is 4. The van der Waals surface area contributed by atoms with Gasteiger partial charge in [-0.15, -0.1) is 0 Å². The highest BCUT2D eigenvalue weighted by Crippen LogP contribution is 2.46. The van der Waals surface area contributed by atoms with Crippen LogP contribution in [-0.2, 0) is 11.0 Å². The number of pyridine rings is 2. The fourth-order valence-electron chi connectivity index (χ4n) is 8.75. The van der Waals surface area contributed by atoms with E-state index in [1.165, 1.54) is 24.1 Å². The molecule has 4 aliphatic heterocycles. The number of ether oxygens (including phenoxy) is 1. The molecule has 0 aliphatic carbocycles. The number of carbonyl (C=O) groups is 1. The van der Waals surface area contributed by atoms with E-state index < -0.39 is 64.3 Å². The van der Waals surface area contributed by atoms with Crippen LogP contribution in [0, 0.1) is 12.7 Å². The third-order valence-corrected chi connectivity index (χ3v) is 11.3. The number of aryl methyl sites for hydroxylation is 1. The molecule has 0 spiro atoms. The Kier molecular flexibility index (Phi) is 9.11. The number of rotatable bonds is 7. The molecule has 7 heterocycles. The van der Waals surface area contributed by atoms with E-state index >= 15 is 8.78 Å². The molecule has 2 unspecified atom stereocenters. The highest BCUT2D eigenvalue weighted by Gasteiger charge is 2.50. The van der Waals surface area contributed by atoms with Crippen LogP contribution in [0.2, 0.25) is 5.02 Å². The Labute approximate surface area is 311 Å². The van der Waals surface area contributed by atoms with Crippen molar-refractivity contribution in [2.45, 2.75) is 69.0 Å². The third kappa shape index (κ3) is 6.36. The summed E-state index contributed by atoms with van der Waals surface area (Å²) in [5.41, 5.74) is 2.24. The molecule has 4 aliphatic rings. The first kappa shape index (κ1) is 36.3. The van der Waals surface area contributed by atoms with Gasteiger partial charge in [0.2, 0.25) is 0 Å². The van der Waals surface area contributed by atoms with Gasteiger partial charge < -0.3 is 20.3 Å². The molecule has 2 N–H and O–H groups in total. The van der Waals surface area contributed by atoms with E-state index in [4.69, 9.17) is 22.1 Å². The van der Waals surface area contributed by atoms with Crippen LogP contribution < -0.4 is 15.4 Å². The number of anilines is 2. The van der Waals surface area contributed by atoms with Crippen molar-refractivity contribution in [3.8, 4) is 17.3 Å². The molecule has 3 aromatic heterocycles. The van der Waals surface area contributed by atoms with E-state index in [1.807, 2.05) is 4.90 Å². The molecule has 10 nitrogen and oxygen atoms in total. The van der Waals surface area contributed by atoms with Gasteiger partial charge in [0.25, 0.3) is 5.91 Å². The summed E-state index contributed by atoms with van der Waals surface area (Å²) in [4.78, 5) is 35.7. The highest BCUT2D eigenvalue weighted by atomic mass is 35.5. The first-order valence-corrected chi connectivity index (χ1v) is 18.0. The molecule has 1 aromatic carbocycles. The molecule has 4 atom stereocenters. The Bertz CT molecular complexity index is 2160. The molecular formula is C37H35ClF6N8O2. The smallest absolute Gasteiger partial charge is 0.418 e. The van der Waals surface area contributed by atoms with Gasteiger partial charge in [-0.1, -0.05) is 17.7 Å². The van der Waals surface area contributed by atoms with Gasteiger partial charge in [0.1, 0.15) is 29.9 Å². The maximum absolute atomic E-state index is 16.9. The molecule has 1 amide bonds. The summed E-state index contributed by atoms with van der Waals surface area (Å²) in [6, 6.07) is 6.09. The number of piperazine rings is 1. The lowest BCUT2D eigenvalue weighted by Gasteiger charge is -2.41. The van der Waals surface area contributed by atoms with Gasteiger partial charge in [0.05, 0.1) is 45.2 Å². The average Bonchev–Trinajstić information content (AvgIpc) is 3.72. The number of alkyl halides is 4. The molecule has 8 rings (SSSR count). The van der Waals surface area contributed by atoms with Crippen LogP contribution in [0.5, 0.6) is 6.01 Å². The molecule has 0 radical (unpaired) electrons. The van der Waals surface area contributed by atoms with Crippen molar-refractivity contribution in [1.82, 2.24) is 29.7 Å². The molecule has 4 saturated heterocycles. The quantitative estimate of drug-likeness (QED) is 0.158. The molecule has 2 bridgehead atoms. The molecule has 17 heteroatoms. The monoisotopic (exact) mass is 772 g/mol. The van der Waals surface area contributed by atoms with E-state index in [2.05, 4.69) is 19.9 Å². The number of hydrogen-bond donors (Lipinski definition) is 1. The van der Waals surface area contributed by atoms with Crippen molar-refractivity contribution >= 4 is 46.1 Å². The maximum atomic E-state index is 16.9. The van der Waals surface area contributed by atoms with Crippen molar-refractivity contribution in [1.29, 1.82) is 0 Å². The fourth-order valence-corrected chi connectivity index (χ4v) is 9.03. The van der Waals surface area contributed by atoms with Gasteiger partial charge in [-0.05, 0) is 69.0 Å². The van der Waals surface area contributed by atoms with Crippen LogP contribution in [-0.4, -0.2) is 92.2 Å². The summed E-state index contributed by atoms with van der Waals surface area (Å²) >= 11 is 6.64. The van der Waals surface area contributed by atoms with Gasteiger partial charge >= 0.3 is 12.2 Å². The summed E-state index contributed by atoms with van der Waals surface area (Å²) < 4.78 is 96.1. The van der Waals surface area contributed by atoms with E-state index in [1.54, 1.807) is 23.1 Å². The second kappa shape index (κ2) is 13.6. The minimum atomic E-state index is -4.93. The van der Waals surface area contributed by atoms with Crippen molar-refractivity contribution in [3.63, 3.8) is 0 Å². The number of nitrogens with two attached hydrogens (primary N) is 1. The second-order valence-electron chi connectivity index (χ2n) is 14.5. The molecule has 284 valence electrons. The Morgan fingerprint density at radius 2 is 1.89 bits per heavy atom. The van der Waals surface area contributed by atoms with Gasteiger partial charge in [0, 0.05) is 43.7 Å². The Hall–Kier alpha value is -4.70. The number of nitrogen functional groups attached to an aromatic ring is 1. The summed E-state index contributed by atoms with van der Waals surface area (Å²) in [5, 5.41) is -0.311. The number of halogens is 7. The minimum absolute atomic E-state index is 0.00400. The van der Waals surface area contributed by atoms with E-state index in [0.29, 0.717) is 31.5 Å². The highest BCUT2D eigenvalue weighted by molar-refractivity contribution is 6.34. The van der Waals surface area contributed by atoms with Crippen molar-refractivity contribution in [2.75, 3.05) is 43.4 Å². The Morgan fingerprint density at radius 3 is 2.59 bits per heavy atom. The summed E-state index contributed by atoms with van der Waals surface area (Å²) in [7, 11) is 0. The molecule has 4 aromatic rings. The van der Waals surface area contributed by atoms with Gasteiger partial charge in [-0.2, -0.15) is 23.1 Å². The zero-order valence-corrected chi connectivity index (χ0v) is 29.8. The fraction of sp³-hybridized carbons (Fsp3) is 0.432. The SMILES string of the molecule is Cc1cc(N)nc(-c2c(Cl)cc3c(N4CC5CCC(C4)N5C(=O)/C(F)=C/c4ccccn4)nc(OC[C@@]45CCCN4C[C@H](F)C5)nc3c2F)c1C(F)(F)F. The maximum Gasteiger partial charge on any atom is 0.418 e. The molecular weight excluding hydrogens is 738 g/mol. The Balaban J connectivity index is 1.20. The van der Waals surface area contributed by atoms with Crippen LogP contribution in [0.15, 0.2) is 42.4 Å². The van der Waals surface area contributed by atoms with Crippen LogP contribution in [0.25, 0.3) is 28.2 Å². The lowest BCUT2D eigenvalue weighted by Crippen LogP contribution is -2.56. The van der Waals surface area contributed by atoms with Crippen LogP contribution in [0.4, 0.5) is 38.0 Å². The molecule has 54 heavy (non-hydrogen) atoms. The van der Waals surface area contributed by atoms with E-state index in [-0.39, 0.29) is 71.8 Å². The zero-order valence-electron chi connectivity index (χ0n) is 29.0. The third-order valence-electron chi connectivity index (χ3n) is 11.0. The number of aromatic nitrogens is 4. The van der Waals surface area contributed by atoms with Gasteiger partial charge in [-0.25, -0.2) is 18.2 Å². The van der Waals surface area contributed by atoms with Gasteiger partial charge in [0.15, 0.2) is 11.6 Å². The largest absolute Gasteiger partial charge is 0.461 e. The lowest BCUT2D eigenvalue weighted by molar-refractivity contribution is -0.137. The summed E-state index contributed by atoms with van der Waals surface area (Å²) in [6.07, 6.45) is -0.531. The zero-order chi connectivity index (χ0) is 38.1. The number of carbonyl (C=O) groups excluding carboxylic acids is 1. The van der Waals surface area contributed by atoms with E-state index in [0.717, 1.165) is 18.6 Å². The first-order valence-electron chi connectivity index (χ1n) is 17.6. The van der Waals surface area contributed by atoms with Gasteiger partial charge in [-0.3, -0.25) is 14.7 Å². The summed E-state index contributed by atoms with van der Waals surface area (Å²) in [5.74, 6) is -3.04. The second-order valence-corrected chi connectivity index (χ2v) is 14.9. The van der Waals surface area contributed by atoms with Crippen LogP contribution in [0.1, 0.15) is 48.9 Å². The number of benzene rings is 1. The predicted molar refractivity (Wildman–Crippen MR) is 190 cm³/mol. The van der Waals surface area contributed by atoms with Crippen LogP contribution in [0.3, 0.4) is 0 Å². The van der Waals surface area contributed by atoms with Crippen molar-refractivity contribution < 1.29 is 35.9 Å². The first-order chi connectivity index (χ1) is 25.7. The molecule has 0 saturated carbocycles. The number of amides is 1. The number of nitrogens with zero attached hydrogens (tertiary/aromatic N) is 7. The lowest BCUT2D eigenvalue weighted by atomic mass is 9.95. The van der Waals surface area contributed by atoms with Crippen LogP contribution >= 0.6 is 11.6 Å². The summed E-state index contributed by atoms with van der Waals surface area (Å²) in [6.45, 7) is 2.49. The minimum Gasteiger partial charge on any atom is -0.461 e.